The van der Waals surface area contributed by atoms with E-state index in [9.17, 15) is 4.79 Å². The molecular weight excluding hydrogens is 308 g/mol. The molecule has 2 rings (SSSR count). The van der Waals surface area contributed by atoms with Gasteiger partial charge in [-0.15, -0.1) is 0 Å². The fourth-order valence-corrected chi connectivity index (χ4v) is 2.55. The monoisotopic (exact) mass is 334 g/mol. The van der Waals surface area contributed by atoms with Gasteiger partial charge in [-0.3, -0.25) is 9.79 Å². The minimum atomic E-state index is -0.495. The summed E-state index contributed by atoms with van der Waals surface area (Å²) < 4.78 is 11.1. The number of benzene rings is 1. The number of amides is 1. The zero-order valence-electron chi connectivity index (χ0n) is 14.3. The highest BCUT2D eigenvalue weighted by Gasteiger charge is 2.29. The molecule has 0 spiro atoms. The molecule has 0 bridgehead atoms. The average Bonchev–Trinajstić information content (AvgIpc) is 3.00. The number of nitrogens with two attached hydrogens (primary N) is 1. The fourth-order valence-electron chi connectivity index (χ4n) is 2.55. The van der Waals surface area contributed by atoms with Gasteiger partial charge in [-0.05, 0) is 37.5 Å². The highest BCUT2D eigenvalue weighted by Crippen LogP contribution is 2.23. The number of primary amides is 1. The molecule has 24 heavy (non-hydrogen) atoms. The van der Waals surface area contributed by atoms with Gasteiger partial charge in [0, 0.05) is 26.7 Å². The summed E-state index contributed by atoms with van der Waals surface area (Å²) in [6.07, 6.45) is 2.15. The molecule has 132 valence electrons. The van der Waals surface area contributed by atoms with Crippen LogP contribution in [0.1, 0.15) is 25.3 Å². The van der Waals surface area contributed by atoms with Crippen molar-refractivity contribution in [1.82, 2.24) is 10.6 Å². The maximum Gasteiger partial charge on any atom is 0.255 e. The van der Waals surface area contributed by atoms with E-state index in [-0.39, 0.29) is 12.2 Å². The molecule has 1 aromatic carbocycles. The second-order valence-corrected chi connectivity index (χ2v) is 6.08. The zero-order chi connectivity index (χ0) is 17.4. The Morgan fingerprint density at radius 2 is 2.29 bits per heavy atom. The van der Waals surface area contributed by atoms with Crippen LogP contribution in [-0.2, 0) is 16.1 Å². The molecule has 0 aromatic heterocycles. The molecule has 0 radical (unpaired) electrons. The van der Waals surface area contributed by atoms with Crippen molar-refractivity contribution in [2.75, 3.05) is 26.8 Å². The Balaban J connectivity index is 1.82. The van der Waals surface area contributed by atoms with Gasteiger partial charge in [-0.2, -0.15) is 0 Å². The van der Waals surface area contributed by atoms with Crippen LogP contribution in [0.15, 0.2) is 29.3 Å². The summed E-state index contributed by atoms with van der Waals surface area (Å²) in [5.41, 5.74) is 5.97. The first-order valence-electron chi connectivity index (χ1n) is 8.09. The first-order chi connectivity index (χ1) is 11.5. The van der Waals surface area contributed by atoms with Crippen molar-refractivity contribution in [2.45, 2.75) is 31.9 Å². The molecule has 7 heteroatoms. The zero-order valence-corrected chi connectivity index (χ0v) is 14.3. The van der Waals surface area contributed by atoms with Crippen LogP contribution in [0.5, 0.6) is 5.75 Å². The van der Waals surface area contributed by atoms with E-state index >= 15 is 0 Å². The van der Waals surface area contributed by atoms with Crippen LogP contribution in [0.4, 0.5) is 0 Å². The Hall–Kier alpha value is -2.28. The lowest BCUT2D eigenvalue weighted by molar-refractivity contribution is -0.119. The molecule has 1 fully saturated rings. The highest BCUT2D eigenvalue weighted by atomic mass is 16.5. The topological polar surface area (TPSA) is 98.0 Å². The van der Waals surface area contributed by atoms with Gasteiger partial charge >= 0.3 is 0 Å². The van der Waals surface area contributed by atoms with Crippen LogP contribution in [0.3, 0.4) is 0 Å². The maximum atomic E-state index is 10.8. The molecule has 1 aliphatic rings. The molecule has 4 N–H and O–H groups in total. The number of aliphatic imine (C=N–C) groups is 1. The van der Waals surface area contributed by atoms with Gasteiger partial charge in [-0.1, -0.05) is 12.1 Å². The molecule has 0 aliphatic carbocycles. The van der Waals surface area contributed by atoms with Gasteiger partial charge in [0.2, 0.25) is 0 Å². The van der Waals surface area contributed by atoms with Crippen molar-refractivity contribution in [3.05, 3.63) is 29.8 Å². The Morgan fingerprint density at radius 3 is 2.96 bits per heavy atom. The van der Waals surface area contributed by atoms with Crippen molar-refractivity contribution < 1.29 is 14.3 Å². The highest BCUT2D eigenvalue weighted by molar-refractivity contribution is 5.79. The molecule has 1 atom stereocenters. The fraction of sp³-hybridized carbons (Fsp3) is 0.529. The van der Waals surface area contributed by atoms with Crippen LogP contribution in [-0.4, -0.2) is 44.3 Å². The Labute approximate surface area is 142 Å². The summed E-state index contributed by atoms with van der Waals surface area (Å²) in [5, 5.41) is 6.55. The number of hydrogen-bond acceptors (Lipinski definition) is 4. The second-order valence-electron chi connectivity index (χ2n) is 6.08. The van der Waals surface area contributed by atoms with Crippen molar-refractivity contribution in [3.63, 3.8) is 0 Å². The Morgan fingerprint density at radius 1 is 1.46 bits per heavy atom. The standard InChI is InChI=1S/C17H26N4O3/c1-17(7-4-8-24-17)12-21-16(19-2)20-10-13-5-3-6-14(9-13)23-11-15(18)22/h3,5-6,9H,4,7-8,10-12H2,1-2H3,(H2,18,22)(H2,19,20,21). The lowest BCUT2D eigenvalue weighted by Gasteiger charge is -2.24. The van der Waals surface area contributed by atoms with E-state index in [0.29, 0.717) is 18.8 Å². The Kier molecular flexibility index (Phi) is 6.43. The predicted molar refractivity (Wildman–Crippen MR) is 92.9 cm³/mol. The number of guanidine groups is 1. The summed E-state index contributed by atoms with van der Waals surface area (Å²) in [6, 6.07) is 7.50. The van der Waals surface area contributed by atoms with Gasteiger partial charge in [0.15, 0.2) is 12.6 Å². The average molecular weight is 334 g/mol. The summed E-state index contributed by atoms with van der Waals surface area (Å²) >= 11 is 0. The lowest BCUT2D eigenvalue weighted by Crippen LogP contribution is -2.45. The normalized spacial score (nSPS) is 20.7. The van der Waals surface area contributed by atoms with Crippen LogP contribution in [0.25, 0.3) is 0 Å². The number of carbonyl (C=O) groups is 1. The second kappa shape index (κ2) is 8.54. The van der Waals surface area contributed by atoms with E-state index in [1.807, 2.05) is 18.2 Å². The molecule has 1 saturated heterocycles. The molecule has 1 aromatic rings. The van der Waals surface area contributed by atoms with Crippen molar-refractivity contribution in [2.24, 2.45) is 10.7 Å². The third-order valence-electron chi connectivity index (χ3n) is 3.89. The maximum absolute atomic E-state index is 10.8. The summed E-state index contributed by atoms with van der Waals surface area (Å²) in [5.74, 6) is 0.837. The van der Waals surface area contributed by atoms with E-state index in [2.05, 4.69) is 22.5 Å². The number of nitrogens with one attached hydrogen (secondary N) is 2. The van der Waals surface area contributed by atoms with E-state index in [0.717, 1.165) is 31.0 Å². The number of rotatable bonds is 7. The predicted octanol–water partition coefficient (Wildman–Crippen LogP) is 0.785. The van der Waals surface area contributed by atoms with E-state index in [1.165, 1.54) is 0 Å². The third-order valence-corrected chi connectivity index (χ3v) is 3.89. The van der Waals surface area contributed by atoms with Crippen LogP contribution < -0.4 is 21.1 Å². The van der Waals surface area contributed by atoms with E-state index in [1.54, 1.807) is 13.1 Å². The number of carbonyl (C=O) groups excluding carboxylic acids is 1. The summed E-state index contributed by atoms with van der Waals surface area (Å²) in [6.45, 7) is 4.11. The molecule has 7 nitrogen and oxygen atoms in total. The van der Waals surface area contributed by atoms with E-state index in [4.69, 9.17) is 15.2 Å². The van der Waals surface area contributed by atoms with Gasteiger partial charge in [0.05, 0.1) is 5.60 Å². The number of nitrogens with zero attached hydrogens (tertiary/aromatic N) is 1. The van der Waals surface area contributed by atoms with Crippen molar-refractivity contribution in [3.8, 4) is 5.75 Å². The van der Waals surface area contributed by atoms with Crippen LogP contribution in [0.2, 0.25) is 0 Å². The summed E-state index contributed by atoms with van der Waals surface area (Å²) in [4.78, 5) is 15.0. The van der Waals surface area contributed by atoms with Gasteiger partial charge in [0.1, 0.15) is 5.75 Å². The molecule has 1 aliphatic heterocycles. The third kappa shape index (κ3) is 5.73. The minimum Gasteiger partial charge on any atom is -0.484 e. The van der Waals surface area contributed by atoms with Gasteiger partial charge in [0.25, 0.3) is 5.91 Å². The van der Waals surface area contributed by atoms with Crippen LogP contribution >= 0.6 is 0 Å². The largest absolute Gasteiger partial charge is 0.484 e. The minimum absolute atomic E-state index is 0.125. The first kappa shape index (κ1) is 18.1. The lowest BCUT2D eigenvalue weighted by atomic mass is 10.0. The first-order valence-corrected chi connectivity index (χ1v) is 8.09. The SMILES string of the molecule is CN=C(NCc1cccc(OCC(N)=O)c1)NCC1(C)CCCO1. The van der Waals surface area contributed by atoms with Crippen molar-refractivity contribution in [1.29, 1.82) is 0 Å². The smallest absolute Gasteiger partial charge is 0.255 e. The van der Waals surface area contributed by atoms with Gasteiger partial charge < -0.3 is 25.8 Å². The quantitative estimate of drug-likeness (QED) is 0.506. The van der Waals surface area contributed by atoms with E-state index < -0.39 is 5.91 Å². The molecule has 1 amide bonds. The summed E-state index contributed by atoms with van der Waals surface area (Å²) in [7, 11) is 1.74. The number of hydrogen-bond donors (Lipinski definition) is 3. The molecule has 0 saturated carbocycles. The van der Waals surface area contributed by atoms with Crippen molar-refractivity contribution >= 4 is 11.9 Å². The molecule has 1 unspecified atom stereocenters. The molecular formula is C17H26N4O3. The Bertz CT molecular complexity index is 583. The van der Waals surface area contributed by atoms with Gasteiger partial charge in [-0.25, -0.2) is 0 Å². The number of ether oxygens (including phenoxy) is 2. The molecule has 1 heterocycles. The van der Waals surface area contributed by atoms with Crippen LogP contribution in [0, 0.1) is 0 Å².